The molecule has 3 nitrogen and oxygen atoms in total. The van der Waals surface area contributed by atoms with Crippen molar-refractivity contribution in [3.05, 3.63) is 30.3 Å². The van der Waals surface area contributed by atoms with Gasteiger partial charge < -0.3 is 11.5 Å². The Labute approximate surface area is 70.0 Å². The van der Waals surface area contributed by atoms with Crippen LogP contribution in [0.1, 0.15) is 0 Å². The Kier molecular flexibility index (Phi) is 1.37. The lowest BCUT2D eigenvalue weighted by molar-refractivity contribution is 1.42. The monoisotopic (exact) mass is 159 g/mol. The lowest BCUT2D eigenvalue weighted by Gasteiger charge is -2.00. The molecule has 0 spiro atoms. The van der Waals surface area contributed by atoms with Crippen LogP contribution in [0.3, 0.4) is 0 Å². The predicted octanol–water partition coefficient (Wildman–Crippen LogP) is 1.40. The van der Waals surface area contributed by atoms with Crippen LogP contribution in [0.5, 0.6) is 0 Å². The van der Waals surface area contributed by atoms with Gasteiger partial charge in [-0.3, -0.25) is 0 Å². The van der Waals surface area contributed by atoms with E-state index in [4.69, 9.17) is 11.5 Å². The largest absolute Gasteiger partial charge is 0.398 e. The third-order valence-electron chi connectivity index (χ3n) is 1.79. The molecule has 1 aromatic carbocycles. The van der Waals surface area contributed by atoms with E-state index in [1.54, 1.807) is 6.07 Å². The fraction of sp³-hybridized carbons (Fsp3) is 0. The number of pyridine rings is 1. The van der Waals surface area contributed by atoms with Gasteiger partial charge in [-0.05, 0) is 24.3 Å². The molecule has 1 aromatic heterocycles. The zero-order chi connectivity index (χ0) is 8.55. The van der Waals surface area contributed by atoms with Gasteiger partial charge in [0.25, 0.3) is 0 Å². The van der Waals surface area contributed by atoms with Gasteiger partial charge in [0.1, 0.15) is 5.82 Å². The van der Waals surface area contributed by atoms with Crippen LogP contribution in [0.15, 0.2) is 30.3 Å². The van der Waals surface area contributed by atoms with Crippen molar-refractivity contribution in [3.8, 4) is 0 Å². The van der Waals surface area contributed by atoms with Crippen LogP contribution < -0.4 is 11.5 Å². The maximum absolute atomic E-state index is 5.73. The average Bonchev–Trinajstić information content (AvgIpc) is 2.04. The molecular formula is C9H9N3. The van der Waals surface area contributed by atoms with E-state index in [2.05, 4.69) is 4.98 Å². The van der Waals surface area contributed by atoms with E-state index in [9.17, 15) is 0 Å². The predicted molar refractivity (Wildman–Crippen MR) is 50.6 cm³/mol. The summed E-state index contributed by atoms with van der Waals surface area (Å²) in [6.07, 6.45) is 0. The molecule has 0 unspecified atom stereocenters. The number of hydrogen-bond acceptors (Lipinski definition) is 3. The minimum atomic E-state index is 0.521. The van der Waals surface area contributed by atoms with Crippen LogP contribution in [0.2, 0.25) is 0 Å². The van der Waals surface area contributed by atoms with Gasteiger partial charge in [-0.2, -0.15) is 0 Å². The van der Waals surface area contributed by atoms with Gasteiger partial charge in [0.05, 0.1) is 5.52 Å². The number of nitrogens with two attached hydrogens (primary N) is 2. The van der Waals surface area contributed by atoms with Gasteiger partial charge in [0.15, 0.2) is 0 Å². The third-order valence-corrected chi connectivity index (χ3v) is 1.79. The molecule has 12 heavy (non-hydrogen) atoms. The minimum absolute atomic E-state index is 0.521. The Morgan fingerprint density at radius 2 is 1.83 bits per heavy atom. The summed E-state index contributed by atoms with van der Waals surface area (Å²) < 4.78 is 0. The highest BCUT2D eigenvalue weighted by Crippen LogP contribution is 2.19. The van der Waals surface area contributed by atoms with Crippen LogP contribution in [0, 0.1) is 0 Å². The summed E-state index contributed by atoms with van der Waals surface area (Å²) in [5.41, 5.74) is 12.8. The van der Waals surface area contributed by atoms with E-state index >= 15 is 0 Å². The van der Waals surface area contributed by atoms with E-state index in [1.165, 1.54) is 0 Å². The van der Waals surface area contributed by atoms with Gasteiger partial charge >= 0.3 is 0 Å². The highest BCUT2D eigenvalue weighted by atomic mass is 14.8. The van der Waals surface area contributed by atoms with Gasteiger partial charge in [0.2, 0.25) is 0 Å². The van der Waals surface area contributed by atoms with E-state index in [-0.39, 0.29) is 0 Å². The minimum Gasteiger partial charge on any atom is -0.398 e. The lowest BCUT2D eigenvalue weighted by atomic mass is 10.2. The maximum Gasteiger partial charge on any atom is 0.124 e. The molecule has 0 amide bonds. The first-order valence-corrected chi connectivity index (χ1v) is 3.68. The van der Waals surface area contributed by atoms with Crippen molar-refractivity contribution < 1.29 is 0 Å². The lowest BCUT2D eigenvalue weighted by Crippen LogP contribution is -1.92. The molecule has 0 bridgehead atoms. The molecule has 0 fully saturated rings. The summed E-state index contributed by atoms with van der Waals surface area (Å²) in [5.74, 6) is 0.521. The summed E-state index contributed by atoms with van der Waals surface area (Å²) in [6, 6.07) is 9.23. The first kappa shape index (κ1) is 6.91. The third kappa shape index (κ3) is 0.955. The molecule has 0 radical (unpaired) electrons. The second-order valence-corrected chi connectivity index (χ2v) is 2.65. The van der Waals surface area contributed by atoms with Gasteiger partial charge in [-0.15, -0.1) is 0 Å². The van der Waals surface area contributed by atoms with E-state index in [0.717, 1.165) is 16.6 Å². The normalized spacial score (nSPS) is 10.3. The standard InChI is InChI=1S/C9H9N3/c10-7-2-1-3-8-6(7)4-5-9(11)12-8/h1-5H,10H2,(H2,11,12). The van der Waals surface area contributed by atoms with Crippen molar-refractivity contribution in [3.63, 3.8) is 0 Å². The fourth-order valence-electron chi connectivity index (χ4n) is 1.19. The van der Waals surface area contributed by atoms with Crippen LogP contribution >= 0.6 is 0 Å². The summed E-state index contributed by atoms with van der Waals surface area (Å²) in [4.78, 5) is 4.13. The van der Waals surface area contributed by atoms with Gasteiger partial charge in [0, 0.05) is 11.1 Å². The number of anilines is 2. The first-order chi connectivity index (χ1) is 5.77. The topological polar surface area (TPSA) is 64.9 Å². The Morgan fingerprint density at radius 3 is 2.67 bits per heavy atom. The number of benzene rings is 1. The molecule has 0 aliphatic rings. The van der Waals surface area contributed by atoms with Crippen LogP contribution in [0.4, 0.5) is 11.5 Å². The molecule has 2 rings (SSSR count). The van der Waals surface area contributed by atoms with Gasteiger partial charge in [-0.1, -0.05) is 6.07 Å². The van der Waals surface area contributed by atoms with Crippen molar-refractivity contribution in [2.75, 3.05) is 11.5 Å². The molecule has 0 aliphatic carbocycles. The fourth-order valence-corrected chi connectivity index (χ4v) is 1.19. The summed E-state index contributed by atoms with van der Waals surface area (Å²) in [5, 5.41) is 0.951. The van der Waals surface area contributed by atoms with Crippen molar-refractivity contribution in [2.45, 2.75) is 0 Å². The van der Waals surface area contributed by atoms with Crippen LogP contribution in [-0.4, -0.2) is 4.98 Å². The molecule has 0 saturated heterocycles. The Balaban J connectivity index is 2.86. The van der Waals surface area contributed by atoms with Crippen molar-refractivity contribution in [1.29, 1.82) is 0 Å². The molecule has 1 heterocycles. The number of nitrogen functional groups attached to an aromatic ring is 2. The van der Waals surface area contributed by atoms with E-state index < -0.39 is 0 Å². The molecule has 0 aliphatic heterocycles. The molecule has 2 aromatic rings. The first-order valence-electron chi connectivity index (χ1n) is 3.68. The van der Waals surface area contributed by atoms with Crippen LogP contribution in [0.25, 0.3) is 10.9 Å². The second-order valence-electron chi connectivity index (χ2n) is 2.65. The summed E-state index contributed by atoms with van der Waals surface area (Å²) in [7, 11) is 0. The second kappa shape index (κ2) is 2.37. The molecular weight excluding hydrogens is 150 g/mol. The van der Waals surface area contributed by atoms with Gasteiger partial charge in [-0.25, -0.2) is 4.98 Å². The summed E-state index contributed by atoms with van der Waals surface area (Å²) >= 11 is 0. The van der Waals surface area contributed by atoms with Crippen LogP contribution in [-0.2, 0) is 0 Å². The number of aromatic nitrogens is 1. The number of fused-ring (bicyclic) bond motifs is 1. The van der Waals surface area contributed by atoms with Crippen molar-refractivity contribution in [1.82, 2.24) is 4.98 Å². The SMILES string of the molecule is Nc1ccc2c(N)cccc2n1. The molecule has 4 N–H and O–H groups in total. The average molecular weight is 159 g/mol. The van der Waals surface area contributed by atoms with E-state index in [1.807, 2.05) is 24.3 Å². The Hall–Kier alpha value is -1.77. The van der Waals surface area contributed by atoms with E-state index in [0.29, 0.717) is 5.82 Å². The molecule has 0 atom stereocenters. The molecule has 60 valence electrons. The number of rotatable bonds is 0. The number of hydrogen-bond donors (Lipinski definition) is 2. The highest BCUT2D eigenvalue weighted by molar-refractivity contribution is 5.90. The summed E-state index contributed by atoms with van der Waals surface area (Å²) in [6.45, 7) is 0. The zero-order valence-electron chi connectivity index (χ0n) is 6.49. The Morgan fingerprint density at radius 1 is 1.00 bits per heavy atom. The molecule has 0 saturated carbocycles. The maximum atomic E-state index is 5.73. The Bertz CT molecular complexity index is 423. The molecule has 3 heteroatoms. The number of nitrogens with zero attached hydrogens (tertiary/aromatic N) is 1. The zero-order valence-corrected chi connectivity index (χ0v) is 6.49. The van der Waals surface area contributed by atoms with Crippen molar-refractivity contribution >= 4 is 22.4 Å². The highest BCUT2D eigenvalue weighted by Gasteiger charge is 1.97. The quantitative estimate of drug-likeness (QED) is 0.571. The van der Waals surface area contributed by atoms with Crippen molar-refractivity contribution in [2.24, 2.45) is 0 Å². The smallest absolute Gasteiger partial charge is 0.124 e.